The van der Waals surface area contributed by atoms with Crippen LogP contribution in [0.15, 0.2) is 23.1 Å². The summed E-state index contributed by atoms with van der Waals surface area (Å²) in [5.41, 5.74) is -0.819. The number of alkyl halides is 3. The van der Waals surface area contributed by atoms with Crippen molar-refractivity contribution in [1.82, 2.24) is 5.32 Å². The molecule has 2 aliphatic carbocycles. The number of nitrogens with one attached hydrogen (secondary N) is 1. The molecule has 0 heterocycles. The molecule has 3 rings (SSSR count). The summed E-state index contributed by atoms with van der Waals surface area (Å²) in [6.07, 6.45) is -4.77. The van der Waals surface area contributed by atoms with Gasteiger partial charge >= 0.3 is 6.18 Å². The van der Waals surface area contributed by atoms with Gasteiger partial charge in [-0.15, -0.1) is 0 Å². The minimum absolute atomic E-state index is 0.0926. The fourth-order valence-corrected chi connectivity index (χ4v) is 5.80. The maximum atomic E-state index is 13.0. The number of sulfone groups is 1. The Morgan fingerprint density at radius 1 is 1.37 bits per heavy atom. The monoisotopic (exact) mass is 464 g/mol. The molecule has 0 bridgehead atoms. The first-order valence-corrected chi connectivity index (χ1v) is 11.3. The standard InChI is InChI=1S/C19H20ClF3N2O4S/c1-11(19(21,22)23)29-13-3-5-16(15(20)9-13)30(27,28)14-4-2-12(8-14)17(26)25-18(10-24)6-7-18/h3,5,9,11-12,14H,2,4,6-8H2,1H3,(H,25,26)/t11-,12-,14-/m1/s1. The molecular formula is C19H20ClF3N2O4S. The Bertz CT molecular complexity index is 986. The number of halogens is 4. The summed E-state index contributed by atoms with van der Waals surface area (Å²) in [7, 11) is -3.90. The van der Waals surface area contributed by atoms with Gasteiger partial charge in [-0.2, -0.15) is 18.4 Å². The molecule has 11 heteroatoms. The Hall–Kier alpha value is -1.99. The number of ether oxygens (including phenoxy) is 1. The van der Waals surface area contributed by atoms with Gasteiger partial charge in [0.2, 0.25) is 5.91 Å². The average Bonchev–Trinajstić information content (AvgIpc) is 3.23. The van der Waals surface area contributed by atoms with Crippen LogP contribution in [0.1, 0.15) is 39.0 Å². The molecule has 1 amide bonds. The zero-order valence-electron chi connectivity index (χ0n) is 16.0. The smallest absolute Gasteiger partial charge is 0.425 e. The van der Waals surface area contributed by atoms with Crippen LogP contribution in [0.25, 0.3) is 0 Å². The highest BCUT2D eigenvalue weighted by molar-refractivity contribution is 7.92. The van der Waals surface area contributed by atoms with Crippen LogP contribution < -0.4 is 10.1 Å². The Morgan fingerprint density at radius 3 is 2.57 bits per heavy atom. The summed E-state index contributed by atoms with van der Waals surface area (Å²) in [5.74, 6) is -1.05. The van der Waals surface area contributed by atoms with Gasteiger partial charge in [0.1, 0.15) is 11.3 Å². The number of carbonyl (C=O) groups is 1. The van der Waals surface area contributed by atoms with E-state index in [0.717, 1.165) is 25.1 Å². The second-order valence-corrected chi connectivity index (χ2v) is 10.4. The second kappa shape index (κ2) is 7.93. The van der Waals surface area contributed by atoms with Crippen LogP contribution in [0.3, 0.4) is 0 Å². The molecule has 2 fully saturated rings. The van der Waals surface area contributed by atoms with Gasteiger partial charge in [0, 0.05) is 12.0 Å². The minimum Gasteiger partial charge on any atom is -0.481 e. The summed E-state index contributed by atoms with van der Waals surface area (Å²) in [4.78, 5) is 12.2. The van der Waals surface area contributed by atoms with Crippen molar-refractivity contribution in [3.63, 3.8) is 0 Å². The zero-order chi connectivity index (χ0) is 22.3. The predicted octanol–water partition coefficient (Wildman–Crippen LogP) is 3.78. The number of hydrogen-bond donors (Lipinski definition) is 1. The molecule has 3 atom stereocenters. The molecule has 1 N–H and O–H groups in total. The van der Waals surface area contributed by atoms with E-state index in [9.17, 15) is 26.4 Å². The highest BCUT2D eigenvalue weighted by Crippen LogP contribution is 2.39. The van der Waals surface area contributed by atoms with E-state index in [2.05, 4.69) is 11.4 Å². The third-order valence-corrected chi connectivity index (χ3v) is 8.20. The van der Waals surface area contributed by atoms with Crippen molar-refractivity contribution in [2.75, 3.05) is 0 Å². The van der Waals surface area contributed by atoms with Gasteiger partial charge in [-0.25, -0.2) is 8.42 Å². The van der Waals surface area contributed by atoms with Gasteiger partial charge in [-0.1, -0.05) is 11.6 Å². The minimum atomic E-state index is -4.57. The largest absolute Gasteiger partial charge is 0.481 e. The molecule has 1 aromatic carbocycles. The lowest BCUT2D eigenvalue weighted by molar-refractivity contribution is -0.189. The third-order valence-electron chi connectivity index (χ3n) is 5.50. The van der Waals surface area contributed by atoms with Crippen molar-refractivity contribution in [3.05, 3.63) is 23.2 Å². The number of amides is 1. The van der Waals surface area contributed by atoms with Gasteiger partial charge in [0.05, 0.1) is 21.2 Å². The van der Waals surface area contributed by atoms with E-state index in [1.165, 1.54) is 0 Å². The molecule has 30 heavy (non-hydrogen) atoms. The highest BCUT2D eigenvalue weighted by Gasteiger charge is 2.47. The number of benzene rings is 1. The van der Waals surface area contributed by atoms with Gasteiger partial charge < -0.3 is 10.1 Å². The Kier molecular flexibility index (Phi) is 6.00. The molecule has 164 valence electrons. The van der Waals surface area contributed by atoms with E-state index in [4.69, 9.17) is 21.6 Å². The molecular weight excluding hydrogens is 445 g/mol. The maximum absolute atomic E-state index is 13.0. The number of nitriles is 1. The Labute approximate surface area is 177 Å². The molecule has 0 aromatic heterocycles. The molecule has 0 spiro atoms. The van der Waals surface area contributed by atoms with E-state index in [1.54, 1.807) is 0 Å². The van der Waals surface area contributed by atoms with Crippen molar-refractivity contribution in [2.45, 2.75) is 67.0 Å². The van der Waals surface area contributed by atoms with Crippen LogP contribution in [-0.4, -0.2) is 37.4 Å². The molecule has 0 radical (unpaired) electrons. The molecule has 1 aromatic rings. The number of carbonyl (C=O) groups excluding carboxylic acids is 1. The fraction of sp³-hybridized carbons (Fsp3) is 0.579. The normalized spacial score (nSPS) is 24.0. The molecule has 0 saturated heterocycles. The predicted molar refractivity (Wildman–Crippen MR) is 102 cm³/mol. The van der Waals surface area contributed by atoms with E-state index < -0.39 is 38.8 Å². The molecule has 0 unspecified atom stereocenters. The quantitative estimate of drug-likeness (QED) is 0.691. The summed E-state index contributed by atoms with van der Waals surface area (Å²) in [5, 5.41) is 10.7. The lowest BCUT2D eigenvalue weighted by atomic mass is 10.1. The van der Waals surface area contributed by atoms with Gasteiger partial charge in [-0.05, 0) is 51.2 Å². The number of rotatable bonds is 6. The first-order valence-electron chi connectivity index (χ1n) is 9.38. The van der Waals surface area contributed by atoms with E-state index in [-0.39, 0.29) is 34.4 Å². The Balaban J connectivity index is 1.70. The summed E-state index contributed by atoms with van der Waals surface area (Å²) in [6.45, 7) is 0.834. The van der Waals surface area contributed by atoms with Crippen LogP contribution in [0.2, 0.25) is 5.02 Å². The maximum Gasteiger partial charge on any atom is 0.425 e. The second-order valence-electron chi connectivity index (χ2n) is 7.75. The topological polar surface area (TPSA) is 96.3 Å². The summed E-state index contributed by atoms with van der Waals surface area (Å²) < 4.78 is 68.6. The van der Waals surface area contributed by atoms with Crippen LogP contribution in [0.5, 0.6) is 5.75 Å². The van der Waals surface area contributed by atoms with Crippen LogP contribution >= 0.6 is 11.6 Å². The van der Waals surface area contributed by atoms with E-state index in [1.807, 2.05) is 0 Å². The lowest BCUT2D eigenvalue weighted by Crippen LogP contribution is -2.39. The van der Waals surface area contributed by atoms with Crippen molar-refractivity contribution in [2.24, 2.45) is 5.92 Å². The zero-order valence-corrected chi connectivity index (χ0v) is 17.6. The van der Waals surface area contributed by atoms with Gasteiger partial charge in [0.15, 0.2) is 15.9 Å². The van der Waals surface area contributed by atoms with Crippen molar-refractivity contribution >= 4 is 27.3 Å². The molecule has 0 aliphatic heterocycles. The van der Waals surface area contributed by atoms with Gasteiger partial charge in [0.25, 0.3) is 0 Å². The van der Waals surface area contributed by atoms with E-state index >= 15 is 0 Å². The SMILES string of the molecule is C[C@@H](Oc1ccc(S(=O)(=O)[C@@H]2CC[C@@H](C(=O)NC3(C#N)CC3)C2)c(Cl)c1)C(F)(F)F. The average molecular weight is 465 g/mol. The summed E-state index contributed by atoms with van der Waals surface area (Å²) in [6, 6.07) is 5.35. The van der Waals surface area contributed by atoms with Crippen molar-refractivity contribution in [3.8, 4) is 11.8 Å². The van der Waals surface area contributed by atoms with Gasteiger partial charge in [-0.3, -0.25) is 4.79 Å². The fourth-order valence-electron chi connectivity index (χ4n) is 3.42. The molecule has 2 saturated carbocycles. The lowest BCUT2D eigenvalue weighted by Gasteiger charge is -2.19. The van der Waals surface area contributed by atoms with Crippen molar-refractivity contribution in [1.29, 1.82) is 5.26 Å². The molecule has 2 aliphatic rings. The summed E-state index contributed by atoms with van der Waals surface area (Å²) >= 11 is 6.05. The number of hydrogen-bond acceptors (Lipinski definition) is 5. The van der Waals surface area contributed by atoms with E-state index in [0.29, 0.717) is 19.3 Å². The third kappa shape index (κ3) is 4.67. The first-order chi connectivity index (χ1) is 13.9. The Morgan fingerprint density at radius 2 is 2.03 bits per heavy atom. The van der Waals surface area contributed by atoms with Crippen LogP contribution in [0.4, 0.5) is 13.2 Å². The number of nitrogens with zero attached hydrogens (tertiary/aromatic N) is 1. The van der Waals surface area contributed by atoms with Crippen molar-refractivity contribution < 1.29 is 31.1 Å². The van der Waals surface area contributed by atoms with Crippen LogP contribution in [-0.2, 0) is 14.6 Å². The first kappa shape index (κ1) is 22.7. The van der Waals surface area contributed by atoms with Crippen LogP contribution in [0, 0.1) is 17.2 Å². The highest BCUT2D eigenvalue weighted by atomic mass is 35.5. The molecule has 6 nitrogen and oxygen atoms in total.